The fourth-order valence-corrected chi connectivity index (χ4v) is 3.83. The van der Waals surface area contributed by atoms with Crippen LogP contribution in [-0.2, 0) is 16.6 Å². The molecule has 1 atom stereocenters. The molecule has 0 fully saturated rings. The van der Waals surface area contributed by atoms with Gasteiger partial charge in [-0.25, -0.2) is 18.1 Å². The van der Waals surface area contributed by atoms with E-state index in [0.29, 0.717) is 17.6 Å². The molecule has 0 aromatic heterocycles. The Labute approximate surface area is 175 Å². The molecule has 6 nitrogen and oxygen atoms in total. The average molecular weight is 496 g/mol. The van der Waals surface area contributed by atoms with Crippen molar-refractivity contribution in [2.75, 3.05) is 6.54 Å². The first-order valence-corrected chi connectivity index (χ1v) is 10.2. The summed E-state index contributed by atoms with van der Waals surface area (Å²) in [7, 11) is -3.60. The van der Waals surface area contributed by atoms with Crippen LogP contribution in [0, 0.1) is 0 Å². The first-order valence-electron chi connectivity index (χ1n) is 8.75. The van der Waals surface area contributed by atoms with E-state index in [2.05, 4.69) is 34.2 Å². The molecule has 150 valence electrons. The van der Waals surface area contributed by atoms with E-state index in [1.807, 2.05) is 33.8 Å². The van der Waals surface area contributed by atoms with Crippen molar-refractivity contribution in [1.29, 1.82) is 0 Å². The second-order valence-electron chi connectivity index (χ2n) is 7.11. The summed E-state index contributed by atoms with van der Waals surface area (Å²) in [6.45, 7) is 12.7. The van der Waals surface area contributed by atoms with Crippen molar-refractivity contribution in [2.24, 2.45) is 4.99 Å². The number of halogens is 1. The quantitative estimate of drug-likeness (QED) is 0.308. The Hall–Kier alpha value is -0.870. The van der Waals surface area contributed by atoms with Crippen molar-refractivity contribution in [2.45, 2.75) is 71.0 Å². The van der Waals surface area contributed by atoms with Crippen LogP contribution < -0.4 is 15.4 Å². The number of guanidine groups is 1. The molecule has 0 saturated heterocycles. The van der Waals surface area contributed by atoms with Crippen molar-refractivity contribution in [3.63, 3.8) is 0 Å². The van der Waals surface area contributed by atoms with Gasteiger partial charge in [0.05, 0.1) is 11.4 Å². The maximum absolute atomic E-state index is 12.7. The summed E-state index contributed by atoms with van der Waals surface area (Å²) in [5.41, 5.74) is 0.128. The van der Waals surface area contributed by atoms with E-state index in [4.69, 9.17) is 0 Å². The van der Waals surface area contributed by atoms with Gasteiger partial charge in [-0.1, -0.05) is 25.1 Å². The summed E-state index contributed by atoms with van der Waals surface area (Å²) in [6.07, 6.45) is 0.977. The van der Waals surface area contributed by atoms with Gasteiger partial charge in [-0.2, -0.15) is 0 Å². The molecule has 0 radical (unpaired) electrons. The number of nitrogens with zero attached hydrogens (tertiary/aromatic N) is 1. The first kappa shape index (κ1) is 25.1. The highest BCUT2D eigenvalue weighted by atomic mass is 127. The van der Waals surface area contributed by atoms with E-state index in [-0.39, 0.29) is 35.4 Å². The molecule has 1 unspecified atom stereocenters. The molecular formula is C18H33IN4O2S. The van der Waals surface area contributed by atoms with Gasteiger partial charge in [0.1, 0.15) is 0 Å². The predicted molar refractivity (Wildman–Crippen MR) is 120 cm³/mol. The molecule has 0 saturated carbocycles. The molecule has 0 aliphatic carbocycles. The van der Waals surface area contributed by atoms with Crippen molar-refractivity contribution in [3.05, 3.63) is 29.8 Å². The van der Waals surface area contributed by atoms with E-state index in [0.717, 1.165) is 13.0 Å². The summed E-state index contributed by atoms with van der Waals surface area (Å²) in [5, 5.41) is 6.50. The van der Waals surface area contributed by atoms with Crippen LogP contribution in [0.4, 0.5) is 0 Å². The molecule has 0 aliphatic heterocycles. The molecule has 3 N–H and O–H groups in total. The minimum atomic E-state index is -3.60. The molecule has 0 amide bonds. The number of nitrogens with one attached hydrogen (secondary N) is 3. The zero-order valence-electron chi connectivity index (χ0n) is 16.6. The Morgan fingerprint density at radius 2 is 1.81 bits per heavy atom. The lowest BCUT2D eigenvalue weighted by Gasteiger charge is -2.21. The normalized spacial score (nSPS) is 13.7. The molecule has 1 rings (SSSR count). The van der Waals surface area contributed by atoms with E-state index in [1.165, 1.54) is 0 Å². The van der Waals surface area contributed by atoms with Crippen molar-refractivity contribution in [1.82, 2.24) is 15.4 Å². The number of hydrogen-bond donors (Lipinski definition) is 3. The molecular weight excluding hydrogens is 463 g/mol. The summed E-state index contributed by atoms with van der Waals surface area (Å²) in [6, 6.07) is 7.27. The van der Waals surface area contributed by atoms with E-state index >= 15 is 0 Å². The van der Waals surface area contributed by atoms with Gasteiger partial charge in [-0.3, -0.25) is 0 Å². The Morgan fingerprint density at radius 3 is 2.35 bits per heavy atom. The van der Waals surface area contributed by atoms with Crippen molar-refractivity contribution < 1.29 is 8.42 Å². The largest absolute Gasteiger partial charge is 0.357 e. The first-order chi connectivity index (χ1) is 11.6. The van der Waals surface area contributed by atoms with Crippen LogP contribution in [-0.4, -0.2) is 32.5 Å². The second kappa shape index (κ2) is 11.1. The molecule has 1 aromatic carbocycles. The summed E-state index contributed by atoms with van der Waals surface area (Å²) < 4.78 is 28.0. The Morgan fingerprint density at radius 1 is 1.19 bits per heavy atom. The number of aliphatic imine (C=N–C) groups is 1. The standard InChI is InChI=1S/C18H32N4O2S.HI/c1-7-14(3)21-17(19-8-2)20-13-15-11-9-10-12-16(15)25(23,24)22-18(4,5)6;/h9-12,14,22H,7-8,13H2,1-6H3,(H2,19,20,21);1H. The monoisotopic (exact) mass is 496 g/mol. The number of hydrogen-bond acceptors (Lipinski definition) is 3. The van der Waals surface area contributed by atoms with E-state index < -0.39 is 15.6 Å². The van der Waals surface area contributed by atoms with Gasteiger partial charge < -0.3 is 10.6 Å². The Kier molecular flexibility index (Phi) is 10.7. The van der Waals surface area contributed by atoms with Gasteiger partial charge in [0, 0.05) is 18.1 Å². The van der Waals surface area contributed by atoms with Gasteiger partial charge in [-0.05, 0) is 52.7 Å². The lowest BCUT2D eigenvalue weighted by Crippen LogP contribution is -2.42. The zero-order chi connectivity index (χ0) is 19.1. The summed E-state index contributed by atoms with van der Waals surface area (Å²) in [5.74, 6) is 0.688. The van der Waals surface area contributed by atoms with Crippen LogP contribution in [0.15, 0.2) is 34.2 Å². The lowest BCUT2D eigenvalue weighted by atomic mass is 10.1. The molecule has 26 heavy (non-hydrogen) atoms. The zero-order valence-corrected chi connectivity index (χ0v) is 19.7. The maximum Gasteiger partial charge on any atom is 0.241 e. The maximum atomic E-state index is 12.7. The minimum Gasteiger partial charge on any atom is -0.357 e. The number of rotatable bonds is 7. The molecule has 0 spiro atoms. The summed E-state index contributed by atoms with van der Waals surface area (Å²) >= 11 is 0. The lowest BCUT2D eigenvalue weighted by molar-refractivity contribution is 0.491. The third-order valence-electron chi connectivity index (χ3n) is 3.45. The van der Waals surface area contributed by atoms with Crippen LogP contribution in [0.1, 0.15) is 53.5 Å². The molecule has 0 bridgehead atoms. The third-order valence-corrected chi connectivity index (χ3v) is 5.31. The van der Waals surface area contributed by atoms with Crippen LogP contribution in [0.2, 0.25) is 0 Å². The smallest absolute Gasteiger partial charge is 0.241 e. The topological polar surface area (TPSA) is 82.6 Å². The van der Waals surface area contributed by atoms with E-state index in [1.54, 1.807) is 18.2 Å². The van der Waals surface area contributed by atoms with Crippen molar-refractivity contribution >= 4 is 40.0 Å². The minimum absolute atomic E-state index is 0. The summed E-state index contributed by atoms with van der Waals surface area (Å²) in [4.78, 5) is 4.82. The van der Waals surface area contributed by atoms with Crippen LogP contribution in [0.25, 0.3) is 0 Å². The van der Waals surface area contributed by atoms with Gasteiger partial charge in [0.15, 0.2) is 5.96 Å². The van der Waals surface area contributed by atoms with Crippen molar-refractivity contribution in [3.8, 4) is 0 Å². The Bertz CT molecular complexity index is 685. The molecule has 0 aliphatic rings. The number of sulfonamides is 1. The predicted octanol–water partition coefficient (Wildman–Crippen LogP) is 3.24. The highest BCUT2D eigenvalue weighted by Gasteiger charge is 2.24. The van der Waals surface area contributed by atoms with E-state index in [9.17, 15) is 8.42 Å². The van der Waals surface area contributed by atoms with Gasteiger partial charge in [0.25, 0.3) is 0 Å². The van der Waals surface area contributed by atoms with Gasteiger partial charge in [0.2, 0.25) is 10.0 Å². The van der Waals surface area contributed by atoms with Crippen LogP contribution in [0.5, 0.6) is 0 Å². The number of benzene rings is 1. The Balaban J connectivity index is 0.00000625. The van der Waals surface area contributed by atoms with Gasteiger partial charge >= 0.3 is 0 Å². The second-order valence-corrected chi connectivity index (χ2v) is 8.76. The highest BCUT2D eigenvalue weighted by molar-refractivity contribution is 14.0. The fraction of sp³-hybridized carbons (Fsp3) is 0.611. The average Bonchev–Trinajstić information content (AvgIpc) is 2.50. The van der Waals surface area contributed by atoms with Crippen LogP contribution in [0.3, 0.4) is 0 Å². The highest BCUT2D eigenvalue weighted by Crippen LogP contribution is 2.18. The third kappa shape index (κ3) is 8.68. The SMILES string of the molecule is CCNC(=NCc1ccccc1S(=O)(=O)NC(C)(C)C)NC(C)CC.I. The molecule has 0 heterocycles. The van der Waals surface area contributed by atoms with Gasteiger partial charge in [-0.15, -0.1) is 24.0 Å². The molecule has 8 heteroatoms. The molecule has 1 aromatic rings. The fourth-order valence-electron chi connectivity index (χ4n) is 2.17. The van der Waals surface area contributed by atoms with Crippen LogP contribution >= 0.6 is 24.0 Å².